The average molecular weight is 675 g/mol. The van der Waals surface area contributed by atoms with Crippen molar-refractivity contribution in [3.8, 4) is 0 Å². The fourth-order valence-electron chi connectivity index (χ4n) is 7.83. The Morgan fingerprint density at radius 3 is 1.98 bits per heavy atom. The molecule has 2 saturated carbocycles. The molecule has 1 spiro atoms. The third-order valence-electron chi connectivity index (χ3n) is 10.7. The van der Waals surface area contributed by atoms with Gasteiger partial charge >= 0.3 is 29.8 Å². The first-order valence-electron chi connectivity index (χ1n) is 16.8. The maximum Gasteiger partial charge on any atom is 0.338 e. The van der Waals surface area contributed by atoms with Crippen LogP contribution < -0.4 is 0 Å². The molecule has 3 fully saturated rings. The van der Waals surface area contributed by atoms with Crippen molar-refractivity contribution >= 4 is 29.8 Å². The van der Waals surface area contributed by atoms with Gasteiger partial charge in [-0.05, 0) is 52.2 Å². The maximum absolute atomic E-state index is 13.8. The largest absolute Gasteiger partial charge is 0.465 e. The molecule has 0 unspecified atom stereocenters. The van der Waals surface area contributed by atoms with Gasteiger partial charge < -0.3 is 33.5 Å². The summed E-state index contributed by atoms with van der Waals surface area (Å²) in [7, 11) is 0. The number of carbonyl (C=O) groups excluding carboxylic acids is 5. The standard InChI is InChI=1S/C36H50O12/c1-10-20(3)30(39)45-26-18-34(9,42)36-28(44-23(6)38)25(33(7,8)48-36)17-27(46-32(41)24-15-13-12-14-16-24)35(36,19-43-22(5)37)29(26)47-31(40)21(4)11-2/h12-16,20-21,25-29,42H,10-11,17-19H2,1-9H3/t20-,21-,25+,26+,27-,28+,29-,34-,35+,36-/m0/s1. The first-order chi connectivity index (χ1) is 22.4. The first kappa shape index (κ1) is 37.3. The van der Waals surface area contributed by atoms with Gasteiger partial charge in [-0.1, -0.05) is 45.9 Å². The van der Waals surface area contributed by atoms with E-state index in [1.54, 1.807) is 58.0 Å². The van der Waals surface area contributed by atoms with Gasteiger partial charge in [0.25, 0.3) is 0 Å². The molecule has 1 aromatic carbocycles. The predicted molar refractivity (Wildman–Crippen MR) is 170 cm³/mol. The van der Waals surface area contributed by atoms with Crippen LogP contribution in [0.4, 0.5) is 0 Å². The number of hydrogen-bond donors (Lipinski definition) is 1. The first-order valence-corrected chi connectivity index (χ1v) is 16.8. The number of carbonyl (C=O) groups is 5. The summed E-state index contributed by atoms with van der Waals surface area (Å²) in [4.78, 5) is 66.4. The normalized spacial score (nSPS) is 34.5. The molecule has 1 heterocycles. The molecule has 0 amide bonds. The van der Waals surface area contributed by atoms with Crippen molar-refractivity contribution in [1.82, 2.24) is 0 Å². The van der Waals surface area contributed by atoms with Crippen LogP contribution in [0.5, 0.6) is 0 Å². The average Bonchev–Trinajstić information content (AvgIpc) is 3.19. The summed E-state index contributed by atoms with van der Waals surface area (Å²) in [5.41, 5.74) is -6.85. The molecule has 12 nitrogen and oxygen atoms in total. The van der Waals surface area contributed by atoms with Crippen molar-refractivity contribution < 1.29 is 57.5 Å². The van der Waals surface area contributed by atoms with E-state index in [1.165, 1.54) is 20.8 Å². The molecule has 2 bridgehead atoms. The van der Waals surface area contributed by atoms with Gasteiger partial charge in [-0.25, -0.2) is 4.79 Å². The lowest BCUT2D eigenvalue weighted by atomic mass is 9.46. The second kappa shape index (κ2) is 13.8. The highest BCUT2D eigenvalue weighted by atomic mass is 16.6. The molecule has 1 aromatic rings. The lowest BCUT2D eigenvalue weighted by Crippen LogP contribution is -2.83. The van der Waals surface area contributed by atoms with Crippen LogP contribution in [0.2, 0.25) is 0 Å². The summed E-state index contributed by atoms with van der Waals surface area (Å²) in [6.07, 6.45) is -4.71. The minimum Gasteiger partial charge on any atom is -0.465 e. The van der Waals surface area contributed by atoms with E-state index in [1.807, 2.05) is 13.8 Å². The Hall–Kier alpha value is -3.51. The number of benzene rings is 1. The number of ether oxygens (including phenoxy) is 6. The number of aliphatic hydroxyl groups is 1. The van der Waals surface area contributed by atoms with Crippen LogP contribution in [-0.2, 0) is 47.6 Å². The van der Waals surface area contributed by atoms with E-state index in [9.17, 15) is 29.1 Å². The molecule has 0 radical (unpaired) electrons. The SMILES string of the molecule is CC[C@H](C)C(=O)O[C@@H]1C[C@](C)(O)[C@]23OC(C)(C)[C@H](C[C@H](OC(=O)c4ccccc4)[C@]2(COC(C)=O)[C@H]1OC(=O)[C@@H](C)CC)[C@H]3OC(C)=O. The van der Waals surface area contributed by atoms with Gasteiger partial charge in [-0.3, -0.25) is 19.2 Å². The summed E-state index contributed by atoms with van der Waals surface area (Å²) in [6.45, 7) is 13.8. The molecular weight excluding hydrogens is 624 g/mol. The van der Waals surface area contributed by atoms with E-state index in [4.69, 9.17) is 28.4 Å². The van der Waals surface area contributed by atoms with Crippen LogP contribution in [0.1, 0.15) is 98.4 Å². The van der Waals surface area contributed by atoms with Gasteiger partial charge in [0, 0.05) is 26.2 Å². The zero-order valence-corrected chi connectivity index (χ0v) is 29.4. The molecule has 4 rings (SSSR count). The van der Waals surface area contributed by atoms with E-state index < -0.39 is 101 Å². The maximum atomic E-state index is 13.8. The van der Waals surface area contributed by atoms with Crippen molar-refractivity contribution in [2.45, 2.75) is 129 Å². The molecule has 10 atom stereocenters. The Balaban J connectivity index is 2.07. The zero-order valence-electron chi connectivity index (χ0n) is 29.4. The second-order valence-corrected chi connectivity index (χ2v) is 14.3. The van der Waals surface area contributed by atoms with Crippen LogP contribution >= 0.6 is 0 Å². The van der Waals surface area contributed by atoms with Crippen LogP contribution in [0, 0.1) is 23.2 Å². The van der Waals surface area contributed by atoms with Crippen LogP contribution in [0.15, 0.2) is 30.3 Å². The van der Waals surface area contributed by atoms with Crippen molar-refractivity contribution in [2.24, 2.45) is 23.2 Å². The third-order valence-corrected chi connectivity index (χ3v) is 10.7. The molecule has 1 aliphatic heterocycles. The van der Waals surface area contributed by atoms with E-state index in [2.05, 4.69) is 0 Å². The molecule has 3 aliphatic rings. The fourth-order valence-corrected chi connectivity index (χ4v) is 7.83. The van der Waals surface area contributed by atoms with E-state index in [0.29, 0.717) is 12.8 Å². The van der Waals surface area contributed by atoms with Gasteiger partial charge in [0.15, 0.2) is 11.7 Å². The summed E-state index contributed by atoms with van der Waals surface area (Å²) in [5.74, 6) is -5.16. The Labute approximate surface area is 282 Å². The minimum atomic E-state index is -2.01. The third kappa shape index (κ3) is 6.33. The monoisotopic (exact) mass is 674 g/mol. The fraction of sp³-hybridized carbons (Fsp3) is 0.694. The Morgan fingerprint density at radius 1 is 0.854 bits per heavy atom. The molecule has 266 valence electrons. The summed E-state index contributed by atoms with van der Waals surface area (Å²) in [6, 6.07) is 8.24. The molecule has 1 saturated heterocycles. The van der Waals surface area contributed by atoms with Crippen LogP contribution in [0.25, 0.3) is 0 Å². The molecule has 12 heteroatoms. The van der Waals surface area contributed by atoms with Gasteiger partial charge in [0.1, 0.15) is 30.3 Å². The number of fused-ring (bicyclic) bond motifs is 1. The molecule has 1 N–H and O–H groups in total. The molecule has 0 aromatic heterocycles. The highest BCUT2D eigenvalue weighted by molar-refractivity contribution is 5.89. The smallest absolute Gasteiger partial charge is 0.338 e. The van der Waals surface area contributed by atoms with Crippen LogP contribution in [0.3, 0.4) is 0 Å². The van der Waals surface area contributed by atoms with Gasteiger partial charge in [0.05, 0.1) is 28.6 Å². The molecular formula is C36H50O12. The Kier molecular flexibility index (Phi) is 10.7. The Morgan fingerprint density at radius 2 is 1.44 bits per heavy atom. The summed E-state index contributed by atoms with van der Waals surface area (Å²) in [5, 5.41) is 12.7. The van der Waals surface area contributed by atoms with Crippen molar-refractivity contribution in [3.05, 3.63) is 35.9 Å². The predicted octanol–water partition coefficient (Wildman–Crippen LogP) is 4.33. The van der Waals surface area contributed by atoms with E-state index >= 15 is 0 Å². The Bertz CT molecular complexity index is 1390. The summed E-state index contributed by atoms with van der Waals surface area (Å²) >= 11 is 0. The van der Waals surface area contributed by atoms with Crippen molar-refractivity contribution in [2.75, 3.05) is 6.61 Å². The van der Waals surface area contributed by atoms with Gasteiger partial charge in [-0.2, -0.15) is 0 Å². The lowest BCUT2D eigenvalue weighted by molar-refractivity contribution is -0.356. The summed E-state index contributed by atoms with van der Waals surface area (Å²) < 4.78 is 37.4. The van der Waals surface area contributed by atoms with Gasteiger partial charge in [0.2, 0.25) is 0 Å². The quantitative estimate of drug-likeness (QED) is 0.262. The highest BCUT2D eigenvalue weighted by Crippen LogP contribution is 2.69. The minimum absolute atomic E-state index is 0.00791. The highest BCUT2D eigenvalue weighted by Gasteiger charge is 2.86. The van der Waals surface area contributed by atoms with Crippen LogP contribution in [-0.4, -0.2) is 82.8 Å². The second-order valence-electron chi connectivity index (χ2n) is 14.3. The zero-order chi connectivity index (χ0) is 35.8. The number of rotatable bonds is 11. The van der Waals surface area contributed by atoms with Crippen molar-refractivity contribution in [1.29, 1.82) is 0 Å². The molecule has 48 heavy (non-hydrogen) atoms. The number of hydrogen-bond acceptors (Lipinski definition) is 12. The lowest BCUT2D eigenvalue weighted by Gasteiger charge is -2.65. The topological polar surface area (TPSA) is 161 Å². The van der Waals surface area contributed by atoms with E-state index in [0.717, 1.165) is 0 Å². The number of esters is 5. The molecule has 2 aliphatic carbocycles. The van der Waals surface area contributed by atoms with Gasteiger partial charge in [-0.15, -0.1) is 0 Å². The van der Waals surface area contributed by atoms with Crippen molar-refractivity contribution in [3.63, 3.8) is 0 Å². The van der Waals surface area contributed by atoms with E-state index in [-0.39, 0.29) is 18.4 Å².